The molecule has 3 aromatic rings. The van der Waals surface area contributed by atoms with E-state index in [-0.39, 0.29) is 59.9 Å². The molecule has 2 N–H and O–H groups in total. The van der Waals surface area contributed by atoms with E-state index in [0.29, 0.717) is 28.2 Å². The van der Waals surface area contributed by atoms with Gasteiger partial charge in [0.05, 0.1) is 11.2 Å². The van der Waals surface area contributed by atoms with Crippen molar-refractivity contribution >= 4 is 76.0 Å². The predicted molar refractivity (Wildman–Crippen MR) is 158 cm³/mol. The van der Waals surface area contributed by atoms with E-state index >= 15 is 0 Å². The molecule has 1 heterocycles. The zero-order valence-corrected chi connectivity index (χ0v) is 25.2. The van der Waals surface area contributed by atoms with Gasteiger partial charge >= 0.3 is 17.5 Å². The molecule has 2 amide bonds. The van der Waals surface area contributed by atoms with E-state index in [1.54, 1.807) is 18.2 Å². The van der Waals surface area contributed by atoms with Crippen LogP contribution in [0.25, 0.3) is 10.9 Å². The van der Waals surface area contributed by atoms with Crippen LogP contribution in [0.3, 0.4) is 0 Å². The SMILES string of the molecule is CN(C)CC(C)(C)OC(=O)CCCC(=O)n1cc(NC(=O)Nc2ccc(SC(F)(F)F)cc2)c2cc(Cl)ccc21.Cl. The molecule has 2 aromatic carbocycles. The Kier molecular flexibility index (Phi) is 12.0. The first-order valence-electron chi connectivity index (χ1n) is 12.3. The molecule has 0 unspecified atom stereocenters. The van der Waals surface area contributed by atoms with Gasteiger partial charge in [0.1, 0.15) is 5.60 Å². The Labute approximate surface area is 251 Å². The van der Waals surface area contributed by atoms with Crippen LogP contribution in [0.5, 0.6) is 0 Å². The Morgan fingerprint density at radius 1 is 1.02 bits per heavy atom. The zero-order chi connectivity index (χ0) is 29.7. The molecule has 1 aromatic heterocycles. The smallest absolute Gasteiger partial charge is 0.446 e. The number of hydrogen-bond donors (Lipinski definition) is 2. The van der Waals surface area contributed by atoms with Crippen molar-refractivity contribution in [1.29, 1.82) is 0 Å². The molecule has 0 spiro atoms. The highest BCUT2D eigenvalue weighted by Gasteiger charge is 2.29. The fourth-order valence-electron chi connectivity index (χ4n) is 4.19. The van der Waals surface area contributed by atoms with Crippen LogP contribution in [0.4, 0.5) is 29.3 Å². The van der Waals surface area contributed by atoms with E-state index in [9.17, 15) is 27.6 Å². The maximum absolute atomic E-state index is 13.0. The lowest BCUT2D eigenvalue weighted by Gasteiger charge is -2.28. The molecule has 0 fully saturated rings. The molecule has 0 aliphatic rings. The van der Waals surface area contributed by atoms with Crippen molar-refractivity contribution in [2.45, 2.75) is 49.1 Å². The van der Waals surface area contributed by atoms with Gasteiger partial charge < -0.3 is 20.3 Å². The summed E-state index contributed by atoms with van der Waals surface area (Å²) in [7, 11) is 3.77. The Balaban J connectivity index is 0.00000588. The molecule has 0 radical (unpaired) electrons. The number of halogens is 5. The average Bonchev–Trinajstić information content (AvgIpc) is 3.15. The molecule has 8 nitrogen and oxygen atoms in total. The highest BCUT2D eigenvalue weighted by molar-refractivity contribution is 8.00. The van der Waals surface area contributed by atoms with Gasteiger partial charge in [-0.2, -0.15) is 13.2 Å². The number of rotatable bonds is 10. The van der Waals surface area contributed by atoms with Crippen LogP contribution in [-0.4, -0.2) is 59.1 Å². The van der Waals surface area contributed by atoms with Gasteiger partial charge in [0.25, 0.3) is 0 Å². The first kappa shape index (κ1) is 34.3. The first-order valence-corrected chi connectivity index (χ1v) is 13.5. The van der Waals surface area contributed by atoms with Crippen LogP contribution in [0, 0.1) is 0 Å². The lowest BCUT2D eigenvalue weighted by molar-refractivity contribution is -0.157. The number of aromatic nitrogens is 1. The summed E-state index contributed by atoms with van der Waals surface area (Å²) in [6, 6.07) is 9.40. The minimum absolute atomic E-state index is 0. The summed E-state index contributed by atoms with van der Waals surface area (Å²) in [5.41, 5.74) is -3.98. The molecular formula is C27H31Cl2F3N4O4S. The number of likely N-dealkylation sites (N-methyl/N-ethyl adjacent to an activating group) is 1. The summed E-state index contributed by atoms with van der Waals surface area (Å²) >= 11 is 5.90. The van der Waals surface area contributed by atoms with Gasteiger partial charge in [0.15, 0.2) is 0 Å². The molecule has 41 heavy (non-hydrogen) atoms. The van der Waals surface area contributed by atoms with E-state index in [1.807, 2.05) is 32.8 Å². The van der Waals surface area contributed by atoms with Crippen molar-refractivity contribution in [2.75, 3.05) is 31.3 Å². The summed E-state index contributed by atoms with van der Waals surface area (Å²) in [4.78, 5) is 39.9. The van der Waals surface area contributed by atoms with Crippen molar-refractivity contribution in [3.8, 4) is 0 Å². The molecule has 0 aliphatic carbocycles. The number of carbonyl (C=O) groups excluding carboxylic acids is 3. The zero-order valence-electron chi connectivity index (χ0n) is 22.8. The second kappa shape index (κ2) is 14.3. The monoisotopic (exact) mass is 634 g/mol. The predicted octanol–water partition coefficient (Wildman–Crippen LogP) is 7.67. The maximum atomic E-state index is 13.0. The van der Waals surface area contributed by atoms with Crippen molar-refractivity contribution in [1.82, 2.24) is 9.47 Å². The van der Waals surface area contributed by atoms with E-state index in [0.717, 1.165) is 0 Å². The number of urea groups is 1. The minimum Gasteiger partial charge on any atom is -0.458 e. The fraction of sp³-hybridized carbons (Fsp3) is 0.370. The first-order chi connectivity index (χ1) is 18.6. The summed E-state index contributed by atoms with van der Waals surface area (Å²) < 4.78 is 44.5. The van der Waals surface area contributed by atoms with E-state index in [4.69, 9.17) is 16.3 Å². The molecule has 3 rings (SSSR count). The van der Waals surface area contributed by atoms with Crippen molar-refractivity contribution in [3.63, 3.8) is 0 Å². The van der Waals surface area contributed by atoms with Gasteiger partial charge in [-0.3, -0.25) is 14.2 Å². The number of amides is 2. The number of ether oxygens (including phenoxy) is 1. The maximum Gasteiger partial charge on any atom is 0.446 e. The third-order valence-corrected chi connectivity index (χ3v) is 6.46. The van der Waals surface area contributed by atoms with Crippen molar-refractivity contribution in [2.24, 2.45) is 0 Å². The molecule has 224 valence electrons. The van der Waals surface area contributed by atoms with Gasteiger partial charge in [-0.25, -0.2) is 4.79 Å². The molecular weight excluding hydrogens is 604 g/mol. The largest absolute Gasteiger partial charge is 0.458 e. The Morgan fingerprint density at radius 2 is 1.68 bits per heavy atom. The third-order valence-electron chi connectivity index (χ3n) is 5.49. The molecule has 0 saturated carbocycles. The number of carbonyl (C=O) groups is 3. The lowest BCUT2D eigenvalue weighted by atomic mass is 10.1. The van der Waals surface area contributed by atoms with Gasteiger partial charge in [-0.05, 0) is 88.6 Å². The molecule has 0 aliphatic heterocycles. The van der Waals surface area contributed by atoms with Gasteiger partial charge in [-0.1, -0.05) is 11.6 Å². The third kappa shape index (κ3) is 10.8. The second-order valence-corrected chi connectivity index (χ2v) is 11.5. The summed E-state index contributed by atoms with van der Waals surface area (Å²) in [6.45, 7) is 4.20. The number of thioether (sulfide) groups is 1. The summed E-state index contributed by atoms with van der Waals surface area (Å²) in [5.74, 6) is -0.688. The van der Waals surface area contributed by atoms with Gasteiger partial charge in [0.2, 0.25) is 5.91 Å². The Bertz CT molecular complexity index is 1380. The number of esters is 1. The number of benzene rings is 2. The highest BCUT2D eigenvalue weighted by Crippen LogP contribution is 2.37. The van der Waals surface area contributed by atoms with E-state index in [2.05, 4.69) is 10.6 Å². The normalized spacial score (nSPS) is 11.7. The minimum atomic E-state index is -4.41. The molecule has 0 atom stereocenters. The number of fused-ring (bicyclic) bond motifs is 1. The number of anilines is 2. The number of nitrogens with one attached hydrogen (secondary N) is 2. The van der Waals surface area contributed by atoms with Crippen LogP contribution in [0.1, 0.15) is 37.9 Å². The average molecular weight is 636 g/mol. The summed E-state index contributed by atoms with van der Waals surface area (Å²) in [6.07, 6.45) is 1.87. The van der Waals surface area contributed by atoms with Crippen LogP contribution in [-0.2, 0) is 9.53 Å². The lowest BCUT2D eigenvalue weighted by Crippen LogP contribution is -2.38. The van der Waals surface area contributed by atoms with Crippen LogP contribution < -0.4 is 10.6 Å². The number of hydrogen-bond acceptors (Lipinski definition) is 6. The van der Waals surface area contributed by atoms with E-state index < -0.39 is 23.1 Å². The van der Waals surface area contributed by atoms with Gasteiger partial charge in [-0.15, -0.1) is 12.4 Å². The topological polar surface area (TPSA) is 92.7 Å². The summed E-state index contributed by atoms with van der Waals surface area (Å²) in [5, 5.41) is 6.11. The van der Waals surface area contributed by atoms with Crippen LogP contribution in [0.2, 0.25) is 5.02 Å². The van der Waals surface area contributed by atoms with Crippen LogP contribution >= 0.6 is 35.8 Å². The second-order valence-electron chi connectivity index (χ2n) is 9.94. The quantitative estimate of drug-likeness (QED) is 0.176. The Hall–Kier alpha value is -2.93. The Morgan fingerprint density at radius 3 is 2.29 bits per heavy atom. The highest BCUT2D eigenvalue weighted by atomic mass is 35.5. The molecule has 0 bridgehead atoms. The fourth-order valence-corrected chi connectivity index (χ4v) is 4.90. The number of alkyl halides is 3. The van der Waals surface area contributed by atoms with Crippen molar-refractivity contribution < 1.29 is 32.3 Å². The van der Waals surface area contributed by atoms with Gasteiger partial charge in [0, 0.05) is 46.6 Å². The molecule has 0 saturated heterocycles. The standard InChI is InChI=1S/C27H30ClF3N4O4S.ClH/c1-26(2,16-34(3)4)39-24(37)7-5-6-23(36)35-15-21(20-14-17(28)8-13-22(20)35)33-25(38)32-18-9-11-19(12-10-18)40-27(29,30)31;/h8-15H,5-7,16H2,1-4H3,(H2,32,33,38);1H. The van der Waals surface area contributed by atoms with Crippen molar-refractivity contribution in [3.05, 3.63) is 53.7 Å². The molecule has 14 heteroatoms. The number of nitrogens with zero attached hydrogens (tertiary/aromatic N) is 2. The van der Waals surface area contributed by atoms with Crippen LogP contribution in [0.15, 0.2) is 53.6 Å². The van der Waals surface area contributed by atoms with E-state index in [1.165, 1.54) is 35.0 Å².